The second kappa shape index (κ2) is 8.93. The summed E-state index contributed by atoms with van der Waals surface area (Å²) in [6.45, 7) is 0.837. The molecule has 178 valence electrons. The number of Topliss-reactive ketones (excluding diaryl/α,β-unsaturated/α-hetero) is 1. The van der Waals surface area contributed by atoms with Crippen LogP contribution in [0.4, 0.5) is 5.69 Å². The number of likely N-dealkylation sites (tertiary alicyclic amines) is 1. The molecule has 0 saturated carbocycles. The molecule has 0 spiro atoms. The topological polar surface area (TPSA) is 137 Å². The van der Waals surface area contributed by atoms with Crippen molar-refractivity contribution >= 4 is 23.1 Å². The third-order valence-corrected chi connectivity index (χ3v) is 5.98. The van der Waals surface area contributed by atoms with Gasteiger partial charge < -0.3 is 24.0 Å². The van der Waals surface area contributed by atoms with E-state index in [-0.39, 0.29) is 35.9 Å². The number of benzene rings is 2. The van der Waals surface area contributed by atoms with Gasteiger partial charge in [-0.1, -0.05) is 0 Å². The first-order valence-electron chi connectivity index (χ1n) is 10.8. The number of ketones is 1. The van der Waals surface area contributed by atoms with E-state index >= 15 is 0 Å². The fraction of sp³-hybridized carbons (Fsp3) is 0.208. The Morgan fingerprint density at radius 2 is 1.89 bits per heavy atom. The van der Waals surface area contributed by atoms with Crippen LogP contribution in [0.2, 0.25) is 0 Å². The van der Waals surface area contributed by atoms with Crippen molar-refractivity contribution in [3.05, 3.63) is 88.0 Å². The molecule has 0 bridgehead atoms. The molecule has 11 nitrogen and oxygen atoms in total. The number of aromatic nitrogens is 2. The van der Waals surface area contributed by atoms with E-state index in [2.05, 4.69) is 4.98 Å². The van der Waals surface area contributed by atoms with Gasteiger partial charge in [0.25, 0.3) is 17.4 Å². The first-order chi connectivity index (χ1) is 16.9. The number of rotatable bonds is 7. The predicted octanol–water partition coefficient (Wildman–Crippen LogP) is 3.03. The molecule has 2 aliphatic heterocycles. The van der Waals surface area contributed by atoms with Crippen LogP contribution in [0.1, 0.15) is 23.6 Å². The Labute approximate surface area is 199 Å². The second-order valence-electron chi connectivity index (χ2n) is 8.06. The van der Waals surface area contributed by atoms with Crippen molar-refractivity contribution in [2.75, 3.05) is 13.3 Å². The number of nitro benzene ring substituents is 1. The molecule has 1 unspecified atom stereocenters. The highest BCUT2D eigenvalue weighted by Gasteiger charge is 2.46. The zero-order chi connectivity index (χ0) is 24.5. The van der Waals surface area contributed by atoms with Gasteiger partial charge in [0.05, 0.1) is 22.9 Å². The van der Waals surface area contributed by atoms with E-state index in [4.69, 9.17) is 9.47 Å². The monoisotopic (exact) mass is 476 g/mol. The average Bonchev–Trinajstić information content (AvgIpc) is 3.60. The molecule has 0 radical (unpaired) electrons. The third-order valence-electron chi connectivity index (χ3n) is 5.98. The summed E-state index contributed by atoms with van der Waals surface area (Å²) in [5.74, 6) is -1.02. The molecule has 11 heteroatoms. The van der Waals surface area contributed by atoms with Crippen LogP contribution in [-0.2, 0) is 16.1 Å². The van der Waals surface area contributed by atoms with E-state index < -0.39 is 22.7 Å². The van der Waals surface area contributed by atoms with Crippen LogP contribution in [0, 0.1) is 10.1 Å². The first kappa shape index (κ1) is 22.1. The number of fused-ring (bicyclic) bond motifs is 1. The summed E-state index contributed by atoms with van der Waals surface area (Å²) in [6, 6.07) is 9.40. The number of hydrogen-bond acceptors (Lipinski definition) is 8. The number of non-ortho nitro benzene ring substituents is 1. The largest absolute Gasteiger partial charge is 0.507 e. The van der Waals surface area contributed by atoms with E-state index in [0.717, 1.165) is 0 Å². The number of carbonyl (C=O) groups excluding carboxylic acids is 2. The van der Waals surface area contributed by atoms with E-state index in [1.807, 2.05) is 4.57 Å². The fourth-order valence-electron chi connectivity index (χ4n) is 4.28. The number of ether oxygens (including phenoxy) is 2. The molecule has 1 saturated heterocycles. The molecule has 1 fully saturated rings. The molecule has 35 heavy (non-hydrogen) atoms. The van der Waals surface area contributed by atoms with E-state index in [0.29, 0.717) is 30.0 Å². The maximum atomic E-state index is 13.1. The summed E-state index contributed by atoms with van der Waals surface area (Å²) in [6.07, 6.45) is 5.62. The number of carbonyl (C=O) groups is 2. The van der Waals surface area contributed by atoms with Gasteiger partial charge in [-0.3, -0.25) is 19.7 Å². The van der Waals surface area contributed by atoms with Crippen LogP contribution in [-0.4, -0.2) is 49.5 Å². The number of imidazole rings is 1. The Morgan fingerprint density at radius 3 is 2.60 bits per heavy atom. The zero-order valence-electron chi connectivity index (χ0n) is 18.4. The zero-order valence-corrected chi connectivity index (χ0v) is 18.4. The molecule has 0 aliphatic carbocycles. The second-order valence-corrected chi connectivity index (χ2v) is 8.06. The van der Waals surface area contributed by atoms with E-state index in [9.17, 15) is 24.8 Å². The Balaban J connectivity index is 1.54. The molecule has 2 aromatic carbocycles. The van der Waals surface area contributed by atoms with Gasteiger partial charge in [0, 0.05) is 43.2 Å². The summed E-state index contributed by atoms with van der Waals surface area (Å²) in [5, 5.41) is 22.3. The summed E-state index contributed by atoms with van der Waals surface area (Å²) in [4.78, 5) is 42.1. The predicted molar refractivity (Wildman–Crippen MR) is 122 cm³/mol. The molecule has 3 aromatic rings. The SMILES string of the molecule is O=C1C(=O)N(CCCn2ccnc2)C(c2ccc([N+](=O)[O-])cc2)/C1=C(\O)c1ccc2c(c1)OCO2. The van der Waals surface area contributed by atoms with Gasteiger partial charge >= 0.3 is 0 Å². The van der Waals surface area contributed by atoms with Gasteiger partial charge in [-0.2, -0.15) is 0 Å². The number of aliphatic hydroxyl groups excluding tert-OH is 1. The Bertz CT molecular complexity index is 1330. The molecular weight excluding hydrogens is 456 g/mol. The van der Waals surface area contributed by atoms with Crippen molar-refractivity contribution in [2.24, 2.45) is 0 Å². The number of nitro groups is 1. The molecule has 3 heterocycles. The van der Waals surface area contributed by atoms with Crippen LogP contribution in [0.5, 0.6) is 11.5 Å². The lowest BCUT2D eigenvalue weighted by Gasteiger charge is -2.25. The maximum absolute atomic E-state index is 13.1. The van der Waals surface area contributed by atoms with Crippen LogP contribution < -0.4 is 9.47 Å². The standard InChI is InChI=1S/C24H20N4O7/c29-22(16-4-7-18-19(12-16)35-14-34-18)20-21(15-2-5-17(6-3-15)28(32)33)27(24(31)23(20)30)10-1-9-26-11-8-25-13-26/h2-8,11-13,21,29H,1,9-10,14H2/b22-20+. The Morgan fingerprint density at radius 1 is 1.11 bits per heavy atom. The van der Waals surface area contributed by atoms with Gasteiger partial charge in [-0.05, 0) is 42.3 Å². The molecule has 5 rings (SSSR count). The molecule has 1 amide bonds. The number of aliphatic hydroxyl groups is 1. The number of amides is 1. The van der Waals surface area contributed by atoms with Crippen molar-refractivity contribution < 1.29 is 29.1 Å². The normalized spacial score (nSPS) is 18.3. The minimum atomic E-state index is -0.913. The quantitative estimate of drug-likeness (QED) is 0.181. The van der Waals surface area contributed by atoms with E-state index in [1.54, 1.807) is 30.9 Å². The van der Waals surface area contributed by atoms with Gasteiger partial charge in [0.2, 0.25) is 6.79 Å². The van der Waals surface area contributed by atoms with Crippen molar-refractivity contribution in [2.45, 2.75) is 19.0 Å². The molecule has 1 N–H and O–H groups in total. The minimum Gasteiger partial charge on any atom is -0.507 e. The van der Waals surface area contributed by atoms with E-state index in [1.165, 1.54) is 35.2 Å². The first-order valence-corrected chi connectivity index (χ1v) is 10.8. The van der Waals surface area contributed by atoms with Gasteiger partial charge in [-0.15, -0.1) is 0 Å². The van der Waals surface area contributed by atoms with Crippen molar-refractivity contribution in [1.82, 2.24) is 14.5 Å². The molecule has 1 aromatic heterocycles. The highest BCUT2D eigenvalue weighted by molar-refractivity contribution is 6.46. The molecule has 2 aliphatic rings. The maximum Gasteiger partial charge on any atom is 0.295 e. The average molecular weight is 476 g/mol. The number of aryl methyl sites for hydroxylation is 1. The lowest BCUT2D eigenvalue weighted by molar-refractivity contribution is -0.384. The summed E-state index contributed by atoms with van der Waals surface area (Å²) < 4.78 is 12.5. The fourth-order valence-corrected chi connectivity index (χ4v) is 4.28. The Hall–Kier alpha value is -4.67. The van der Waals surface area contributed by atoms with Crippen LogP contribution in [0.15, 0.2) is 66.8 Å². The van der Waals surface area contributed by atoms with Gasteiger partial charge in [-0.25, -0.2) is 4.98 Å². The smallest absolute Gasteiger partial charge is 0.295 e. The number of hydrogen-bond donors (Lipinski definition) is 1. The summed E-state index contributed by atoms with van der Waals surface area (Å²) in [5.41, 5.74) is 0.546. The van der Waals surface area contributed by atoms with Crippen molar-refractivity contribution in [3.63, 3.8) is 0 Å². The van der Waals surface area contributed by atoms with Gasteiger partial charge in [0.15, 0.2) is 11.5 Å². The minimum absolute atomic E-state index is 0.0453. The van der Waals surface area contributed by atoms with Crippen molar-refractivity contribution in [3.8, 4) is 11.5 Å². The lowest BCUT2D eigenvalue weighted by atomic mass is 9.95. The van der Waals surface area contributed by atoms with Crippen LogP contribution in [0.3, 0.4) is 0 Å². The molecule has 1 atom stereocenters. The highest BCUT2D eigenvalue weighted by Crippen LogP contribution is 2.41. The molecular formula is C24H20N4O7. The Kier molecular flexibility index (Phi) is 5.65. The van der Waals surface area contributed by atoms with Crippen LogP contribution in [0.25, 0.3) is 5.76 Å². The lowest BCUT2D eigenvalue weighted by Crippen LogP contribution is -2.31. The third kappa shape index (κ3) is 4.07. The van der Waals surface area contributed by atoms with Gasteiger partial charge in [0.1, 0.15) is 5.76 Å². The highest BCUT2D eigenvalue weighted by atomic mass is 16.7. The van der Waals surface area contributed by atoms with Crippen molar-refractivity contribution in [1.29, 1.82) is 0 Å². The van der Waals surface area contributed by atoms with Crippen LogP contribution >= 0.6 is 0 Å². The summed E-state index contributed by atoms with van der Waals surface area (Å²) >= 11 is 0. The number of nitrogens with zero attached hydrogens (tertiary/aromatic N) is 4. The summed E-state index contributed by atoms with van der Waals surface area (Å²) in [7, 11) is 0.